The fraction of sp³-hybridized carbons (Fsp3) is 0.267. The van der Waals surface area contributed by atoms with E-state index in [4.69, 9.17) is 10.9 Å². The van der Waals surface area contributed by atoms with Gasteiger partial charge in [0.1, 0.15) is 5.84 Å². The molecule has 1 atom stereocenters. The third-order valence-electron chi connectivity index (χ3n) is 3.19. The van der Waals surface area contributed by atoms with E-state index in [-0.39, 0.29) is 11.8 Å². The number of nitrogens with zero attached hydrogens (tertiary/aromatic N) is 1. The molecule has 4 N–H and O–H groups in total. The van der Waals surface area contributed by atoms with Crippen LogP contribution in [-0.2, 0) is 6.42 Å². The summed E-state index contributed by atoms with van der Waals surface area (Å²) in [4.78, 5) is 0. The molecule has 1 aromatic carbocycles. The van der Waals surface area contributed by atoms with Crippen molar-refractivity contribution < 1.29 is 5.21 Å². The van der Waals surface area contributed by atoms with Gasteiger partial charge in [0, 0.05) is 6.54 Å². The number of nitrogens with one attached hydrogen (secondary N) is 1. The summed E-state index contributed by atoms with van der Waals surface area (Å²) < 4.78 is 0. The van der Waals surface area contributed by atoms with Crippen molar-refractivity contribution in [2.24, 2.45) is 10.9 Å². The van der Waals surface area contributed by atoms with E-state index in [1.165, 1.54) is 5.56 Å². The zero-order valence-corrected chi connectivity index (χ0v) is 12.0. The summed E-state index contributed by atoms with van der Waals surface area (Å²) in [5, 5.41) is 19.7. The molecular formula is C15H19N3OS. The van der Waals surface area contributed by atoms with Crippen molar-refractivity contribution in [2.75, 3.05) is 13.1 Å². The molecule has 0 fully saturated rings. The Kier molecular flexibility index (Phi) is 5.58. The lowest BCUT2D eigenvalue weighted by Gasteiger charge is -2.16. The van der Waals surface area contributed by atoms with E-state index in [1.807, 2.05) is 30.3 Å². The molecule has 0 amide bonds. The van der Waals surface area contributed by atoms with Crippen LogP contribution >= 0.6 is 11.3 Å². The van der Waals surface area contributed by atoms with Crippen LogP contribution in [0.4, 0.5) is 0 Å². The monoisotopic (exact) mass is 289 g/mol. The highest BCUT2D eigenvalue weighted by Gasteiger charge is 2.15. The lowest BCUT2D eigenvalue weighted by atomic mass is 9.98. The smallest absolute Gasteiger partial charge is 0.147 e. The van der Waals surface area contributed by atoms with Gasteiger partial charge in [-0.25, -0.2) is 0 Å². The first kappa shape index (κ1) is 14.6. The van der Waals surface area contributed by atoms with Crippen molar-refractivity contribution in [3.05, 3.63) is 58.3 Å². The van der Waals surface area contributed by atoms with Gasteiger partial charge in [0.05, 0.1) is 5.92 Å². The fourth-order valence-corrected chi connectivity index (χ4v) is 2.77. The maximum Gasteiger partial charge on any atom is 0.147 e. The first-order chi connectivity index (χ1) is 9.81. The van der Waals surface area contributed by atoms with Crippen molar-refractivity contribution >= 4 is 17.2 Å². The molecule has 0 aliphatic rings. The summed E-state index contributed by atoms with van der Waals surface area (Å²) in [6.45, 7) is 1.53. The topological polar surface area (TPSA) is 70.6 Å². The van der Waals surface area contributed by atoms with E-state index < -0.39 is 0 Å². The minimum Gasteiger partial charge on any atom is -0.409 e. The first-order valence-electron chi connectivity index (χ1n) is 6.55. The average Bonchev–Trinajstić information content (AvgIpc) is 3.01. The largest absolute Gasteiger partial charge is 0.409 e. The van der Waals surface area contributed by atoms with Crippen LogP contribution in [0.5, 0.6) is 0 Å². The van der Waals surface area contributed by atoms with E-state index in [2.05, 4.69) is 27.3 Å². The number of benzene rings is 1. The molecule has 4 nitrogen and oxygen atoms in total. The molecule has 2 aromatic rings. The Morgan fingerprint density at radius 1 is 1.30 bits per heavy atom. The Morgan fingerprint density at radius 3 is 2.75 bits per heavy atom. The number of hydrogen-bond acceptors (Lipinski definition) is 4. The van der Waals surface area contributed by atoms with Gasteiger partial charge in [0.2, 0.25) is 0 Å². The van der Waals surface area contributed by atoms with Gasteiger partial charge in [-0.2, -0.15) is 11.3 Å². The Bertz CT molecular complexity index is 525. The molecule has 0 bridgehead atoms. The molecule has 0 radical (unpaired) electrons. The van der Waals surface area contributed by atoms with E-state index in [1.54, 1.807) is 11.3 Å². The number of oxime groups is 1. The van der Waals surface area contributed by atoms with Crippen molar-refractivity contribution in [1.29, 1.82) is 0 Å². The van der Waals surface area contributed by atoms with E-state index >= 15 is 0 Å². The van der Waals surface area contributed by atoms with Gasteiger partial charge in [-0.15, -0.1) is 0 Å². The number of nitrogens with two attached hydrogens (primary N) is 1. The van der Waals surface area contributed by atoms with Crippen LogP contribution in [0.25, 0.3) is 0 Å². The molecule has 0 spiro atoms. The number of rotatable bonds is 7. The van der Waals surface area contributed by atoms with Crippen molar-refractivity contribution in [2.45, 2.75) is 12.3 Å². The van der Waals surface area contributed by atoms with Crippen LogP contribution in [0.3, 0.4) is 0 Å². The maximum atomic E-state index is 8.91. The average molecular weight is 289 g/mol. The van der Waals surface area contributed by atoms with Crippen LogP contribution in [0, 0.1) is 0 Å². The van der Waals surface area contributed by atoms with Crippen LogP contribution in [0.1, 0.15) is 17.0 Å². The van der Waals surface area contributed by atoms with Gasteiger partial charge in [-0.1, -0.05) is 35.5 Å². The lowest BCUT2D eigenvalue weighted by Crippen LogP contribution is -2.32. The van der Waals surface area contributed by atoms with Gasteiger partial charge < -0.3 is 16.3 Å². The molecule has 1 aromatic heterocycles. The van der Waals surface area contributed by atoms with E-state index in [0.717, 1.165) is 18.5 Å². The maximum absolute atomic E-state index is 8.91. The number of hydrogen-bond donors (Lipinski definition) is 3. The Morgan fingerprint density at radius 2 is 2.10 bits per heavy atom. The standard InChI is InChI=1S/C15H19N3OS/c16-15(18-19)14(13-4-2-1-3-5-13)10-17-8-6-12-7-9-20-11-12/h1-5,7,9,11,14,17,19H,6,8,10H2,(H2,16,18). The van der Waals surface area contributed by atoms with Gasteiger partial charge in [-0.05, 0) is 40.9 Å². The second kappa shape index (κ2) is 7.67. The highest BCUT2D eigenvalue weighted by molar-refractivity contribution is 7.07. The van der Waals surface area contributed by atoms with Crippen LogP contribution in [0.15, 0.2) is 52.3 Å². The second-order valence-electron chi connectivity index (χ2n) is 4.57. The molecule has 0 saturated heterocycles. The lowest BCUT2D eigenvalue weighted by molar-refractivity contribution is 0.315. The summed E-state index contributed by atoms with van der Waals surface area (Å²) in [5.74, 6) is 0.128. The molecule has 0 aliphatic carbocycles. The summed E-state index contributed by atoms with van der Waals surface area (Å²) >= 11 is 1.71. The Labute approximate surface area is 122 Å². The number of amidine groups is 1. The molecule has 1 unspecified atom stereocenters. The molecule has 20 heavy (non-hydrogen) atoms. The van der Waals surface area contributed by atoms with Crippen LogP contribution in [0.2, 0.25) is 0 Å². The SMILES string of the molecule is NC(=NO)C(CNCCc1ccsc1)c1ccccc1. The molecule has 2 rings (SSSR count). The van der Waals surface area contributed by atoms with Gasteiger partial charge >= 0.3 is 0 Å². The predicted octanol–water partition coefficient (Wildman–Crippen LogP) is 2.41. The molecular weight excluding hydrogens is 270 g/mol. The Balaban J connectivity index is 1.89. The third kappa shape index (κ3) is 4.08. The van der Waals surface area contributed by atoms with Gasteiger partial charge in [-0.3, -0.25) is 0 Å². The summed E-state index contributed by atoms with van der Waals surface area (Å²) in [6.07, 6.45) is 0.987. The van der Waals surface area contributed by atoms with Gasteiger partial charge in [0.15, 0.2) is 0 Å². The van der Waals surface area contributed by atoms with Crippen molar-refractivity contribution in [1.82, 2.24) is 5.32 Å². The molecule has 106 valence electrons. The Hall–Kier alpha value is -1.85. The molecule has 1 heterocycles. The zero-order chi connectivity index (χ0) is 14.2. The van der Waals surface area contributed by atoms with Crippen molar-refractivity contribution in [3.63, 3.8) is 0 Å². The van der Waals surface area contributed by atoms with Crippen molar-refractivity contribution in [3.8, 4) is 0 Å². The molecule has 0 aliphatic heterocycles. The van der Waals surface area contributed by atoms with E-state index in [9.17, 15) is 0 Å². The first-order valence-corrected chi connectivity index (χ1v) is 7.49. The summed E-state index contributed by atoms with van der Waals surface area (Å²) in [6, 6.07) is 12.0. The van der Waals surface area contributed by atoms with E-state index in [0.29, 0.717) is 6.54 Å². The quantitative estimate of drug-likeness (QED) is 0.241. The van der Waals surface area contributed by atoms with Crippen LogP contribution < -0.4 is 11.1 Å². The minimum atomic E-state index is -0.108. The molecule has 0 saturated carbocycles. The highest BCUT2D eigenvalue weighted by atomic mass is 32.1. The minimum absolute atomic E-state index is 0.108. The fourth-order valence-electron chi connectivity index (χ4n) is 2.06. The second-order valence-corrected chi connectivity index (χ2v) is 5.35. The predicted molar refractivity (Wildman–Crippen MR) is 83.5 cm³/mol. The summed E-state index contributed by atoms with van der Waals surface area (Å²) in [7, 11) is 0. The third-order valence-corrected chi connectivity index (χ3v) is 3.93. The summed E-state index contributed by atoms with van der Waals surface area (Å²) in [5.41, 5.74) is 8.17. The highest BCUT2D eigenvalue weighted by Crippen LogP contribution is 2.15. The molecule has 5 heteroatoms. The van der Waals surface area contributed by atoms with Crippen LogP contribution in [-0.4, -0.2) is 24.1 Å². The normalized spacial score (nSPS) is 13.3. The number of thiophene rings is 1. The van der Waals surface area contributed by atoms with Gasteiger partial charge in [0.25, 0.3) is 0 Å². The zero-order valence-electron chi connectivity index (χ0n) is 11.2.